The molecule has 58 valence electrons. The fraction of sp³-hybridized carbons (Fsp3) is 1.00. The van der Waals surface area contributed by atoms with Crippen molar-refractivity contribution in [2.45, 2.75) is 25.3 Å². The van der Waals surface area contributed by atoms with Gasteiger partial charge in [-0.05, 0) is 25.2 Å². The minimum absolute atomic E-state index is 0.355. The second kappa shape index (κ2) is 2.51. The Hall–Kier alpha value is -0.0800. The molecule has 2 aliphatic heterocycles. The molecule has 1 aliphatic carbocycles. The number of nitrogens with zero attached hydrogens (tertiary/aromatic N) is 1. The van der Waals surface area contributed by atoms with Crippen molar-refractivity contribution in [1.29, 1.82) is 0 Å². The third kappa shape index (κ3) is 0.956. The summed E-state index contributed by atoms with van der Waals surface area (Å²) in [5.74, 6) is 1.02. The van der Waals surface area contributed by atoms with E-state index in [2.05, 4.69) is 4.90 Å². The minimum atomic E-state index is 0.355. The number of aliphatic hydroxyl groups is 1. The quantitative estimate of drug-likeness (QED) is 0.617. The molecule has 1 N–H and O–H groups in total. The highest BCUT2D eigenvalue weighted by molar-refractivity contribution is 4.96. The standard InChI is InChI=1S/C8H15NO/c10-3-1-2-9-6-7-4-8(9)5-7/h7-8,10H,1-6H2. The van der Waals surface area contributed by atoms with Crippen molar-refractivity contribution in [2.75, 3.05) is 19.7 Å². The highest BCUT2D eigenvalue weighted by Gasteiger charge is 2.41. The molecule has 0 aromatic rings. The maximum absolute atomic E-state index is 8.60. The first kappa shape index (κ1) is 6.62. The van der Waals surface area contributed by atoms with Crippen LogP contribution in [0.1, 0.15) is 19.3 Å². The summed E-state index contributed by atoms with van der Waals surface area (Å²) in [5, 5.41) is 8.60. The topological polar surface area (TPSA) is 23.5 Å². The number of hydrogen-bond acceptors (Lipinski definition) is 2. The Bertz CT molecular complexity index is 120. The summed E-state index contributed by atoms with van der Waals surface area (Å²) < 4.78 is 0. The summed E-state index contributed by atoms with van der Waals surface area (Å²) in [6, 6.07) is 0.900. The van der Waals surface area contributed by atoms with Gasteiger partial charge in [-0.3, -0.25) is 0 Å². The summed E-state index contributed by atoms with van der Waals surface area (Å²) in [6.07, 6.45) is 3.83. The largest absolute Gasteiger partial charge is 0.396 e. The van der Waals surface area contributed by atoms with E-state index in [0.29, 0.717) is 6.61 Å². The molecule has 0 unspecified atom stereocenters. The van der Waals surface area contributed by atoms with Gasteiger partial charge in [-0.1, -0.05) is 0 Å². The number of rotatable bonds is 3. The molecule has 1 saturated carbocycles. The van der Waals surface area contributed by atoms with Crippen LogP contribution in [-0.2, 0) is 0 Å². The lowest BCUT2D eigenvalue weighted by Crippen LogP contribution is -2.29. The predicted octanol–water partition coefficient (Wildman–Crippen LogP) is 0.463. The Kier molecular flexibility index (Phi) is 1.66. The fourth-order valence-electron chi connectivity index (χ4n) is 2.18. The van der Waals surface area contributed by atoms with E-state index in [1.807, 2.05) is 0 Å². The monoisotopic (exact) mass is 141 g/mol. The van der Waals surface area contributed by atoms with Gasteiger partial charge in [-0.15, -0.1) is 0 Å². The predicted molar refractivity (Wildman–Crippen MR) is 39.8 cm³/mol. The van der Waals surface area contributed by atoms with E-state index in [-0.39, 0.29) is 0 Å². The zero-order valence-corrected chi connectivity index (χ0v) is 6.29. The second-order valence-corrected chi connectivity index (χ2v) is 3.56. The molecular weight excluding hydrogens is 126 g/mol. The Morgan fingerprint density at radius 3 is 2.70 bits per heavy atom. The van der Waals surface area contributed by atoms with Gasteiger partial charge in [0.1, 0.15) is 0 Å². The third-order valence-corrected chi connectivity index (χ3v) is 2.82. The molecule has 2 heteroatoms. The molecule has 0 radical (unpaired) electrons. The molecule has 3 rings (SSSR count). The van der Waals surface area contributed by atoms with Crippen LogP contribution in [0.5, 0.6) is 0 Å². The van der Waals surface area contributed by atoms with Crippen molar-refractivity contribution in [2.24, 2.45) is 5.92 Å². The maximum atomic E-state index is 8.60. The summed E-state index contributed by atoms with van der Waals surface area (Å²) in [7, 11) is 0. The SMILES string of the molecule is OCCCN1CC2CC1C2. The van der Waals surface area contributed by atoms with Crippen LogP contribution >= 0.6 is 0 Å². The van der Waals surface area contributed by atoms with E-state index in [9.17, 15) is 0 Å². The smallest absolute Gasteiger partial charge is 0.0443 e. The third-order valence-electron chi connectivity index (χ3n) is 2.82. The van der Waals surface area contributed by atoms with Crippen molar-refractivity contribution in [3.05, 3.63) is 0 Å². The van der Waals surface area contributed by atoms with Gasteiger partial charge in [0.15, 0.2) is 0 Å². The second-order valence-electron chi connectivity index (χ2n) is 3.56. The molecular formula is C8H15NO. The van der Waals surface area contributed by atoms with Gasteiger partial charge in [-0.2, -0.15) is 0 Å². The molecule has 0 aromatic heterocycles. The molecule has 0 spiro atoms. The molecule has 2 heterocycles. The first-order valence-electron chi connectivity index (χ1n) is 4.25. The average molecular weight is 141 g/mol. The van der Waals surface area contributed by atoms with Gasteiger partial charge in [0.2, 0.25) is 0 Å². The van der Waals surface area contributed by atoms with Gasteiger partial charge in [0, 0.05) is 25.7 Å². The van der Waals surface area contributed by atoms with Crippen LogP contribution in [0.3, 0.4) is 0 Å². The van der Waals surface area contributed by atoms with Crippen molar-refractivity contribution < 1.29 is 5.11 Å². The number of aliphatic hydroxyl groups excluding tert-OH is 1. The minimum Gasteiger partial charge on any atom is -0.396 e. The van der Waals surface area contributed by atoms with E-state index in [1.165, 1.54) is 19.4 Å². The zero-order chi connectivity index (χ0) is 6.97. The first-order valence-corrected chi connectivity index (χ1v) is 4.25. The molecule has 0 atom stereocenters. The maximum Gasteiger partial charge on any atom is 0.0443 e. The van der Waals surface area contributed by atoms with Crippen LogP contribution in [0.2, 0.25) is 0 Å². The van der Waals surface area contributed by atoms with Crippen molar-refractivity contribution in [3.8, 4) is 0 Å². The molecule has 0 aromatic carbocycles. The summed E-state index contributed by atoms with van der Waals surface area (Å²) in [5.41, 5.74) is 0. The first-order chi connectivity index (χ1) is 4.90. The van der Waals surface area contributed by atoms with Gasteiger partial charge < -0.3 is 10.0 Å². The highest BCUT2D eigenvalue weighted by atomic mass is 16.3. The summed E-state index contributed by atoms with van der Waals surface area (Å²) in [6.45, 7) is 2.79. The van der Waals surface area contributed by atoms with Crippen molar-refractivity contribution in [3.63, 3.8) is 0 Å². The molecule has 3 fully saturated rings. The van der Waals surface area contributed by atoms with E-state index in [0.717, 1.165) is 24.9 Å². The Morgan fingerprint density at radius 1 is 1.40 bits per heavy atom. The van der Waals surface area contributed by atoms with Crippen molar-refractivity contribution >= 4 is 0 Å². The molecule has 2 saturated heterocycles. The van der Waals surface area contributed by atoms with Crippen LogP contribution in [0.15, 0.2) is 0 Å². The van der Waals surface area contributed by atoms with E-state index < -0.39 is 0 Å². The van der Waals surface area contributed by atoms with Gasteiger partial charge in [0.05, 0.1) is 0 Å². The Labute approximate surface area is 61.8 Å². The van der Waals surface area contributed by atoms with Crippen LogP contribution in [0.25, 0.3) is 0 Å². The van der Waals surface area contributed by atoms with Crippen LogP contribution in [-0.4, -0.2) is 35.7 Å². The Morgan fingerprint density at radius 2 is 2.20 bits per heavy atom. The van der Waals surface area contributed by atoms with Gasteiger partial charge in [0.25, 0.3) is 0 Å². The number of fused-ring (bicyclic) bond motifs is 1. The molecule has 2 bridgehead atoms. The summed E-state index contributed by atoms with van der Waals surface area (Å²) in [4.78, 5) is 2.53. The Balaban J connectivity index is 1.74. The molecule has 0 amide bonds. The lowest BCUT2D eigenvalue weighted by molar-refractivity contribution is 0.213. The highest BCUT2D eigenvalue weighted by Crippen LogP contribution is 2.40. The van der Waals surface area contributed by atoms with E-state index >= 15 is 0 Å². The lowest BCUT2D eigenvalue weighted by Gasteiger charge is -2.25. The van der Waals surface area contributed by atoms with Gasteiger partial charge >= 0.3 is 0 Å². The molecule has 3 aliphatic rings. The summed E-state index contributed by atoms with van der Waals surface area (Å²) >= 11 is 0. The normalized spacial score (nSPS) is 38.1. The van der Waals surface area contributed by atoms with E-state index in [4.69, 9.17) is 5.11 Å². The van der Waals surface area contributed by atoms with Crippen LogP contribution in [0.4, 0.5) is 0 Å². The number of hydrogen-bond donors (Lipinski definition) is 1. The van der Waals surface area contributed by atoms with Crippen LogP contribution < -0.4 is 0 Å². The molecule has 2 nitrogen and oxygen atoms in total. The van der Waals surface area contributed by atoms with Gasteiger partial charge in [-0.25, -0.2) is 0 Å². The van der Waals surface area contributed by atoms with Crippen molar-refractivity contribution in [1.82, 2.24) is 4.90 Å². The van der Waals surface area contributed by atoms with E-state index in [1.54, 1.807) is 0 Å². The lowest BCUT2D eigenvalue weighted by atomic mass is 9.86. The zero-order valence-electron chi connectivity index (χ0n) is 6.29. The fourth-order valence-corrected chi connectivity index (χ4v) is 2.18. The average Bonchev–Trinajstić information content (AvgIpc) is 2.37. The molecule has 10 heavy (non-hydrogen) atoms. The van der Waals surface area contributed by atoms with Crippen LogP contribution in [0, 0.1) is 5.92 Å².